The van der Waals surface area contributed by atoms with Gasteiger partial charge in [-0.3, -0.25) is 0 Å². The summed E-state index contributed by atoms with van der Waals surface area (Å²) in [5.41, 5.74) is 0.333. The summed E-state index contributed by atoms with van der Waals surface area (Å²) in [6, 6.07) is 5.65. The Bertz CT molecular complexity index is 1070. The highest BCUT2D eigenvalue weighted by atomic mass is 32.2. The van der Waals surface area contributed by atoms with Gasteiger partial charge < -0.3 is 28.4 Å². The summed E-state index contributed by atoms with van der Waals surface area (Å²) < 4.78 is 32.9. The minimum atomic E-state index is -1.14. The lowest BCUT2D eigenvalue weighted by molar-refractivity contribution is -0.183. The summed E-state index contributed by atoms with van der Waals surface area (Å²) in [7, 11) is 0. The van der Waals surface area contributed by atoms with E-state index in [1.54, 1.807) is 30.4 Å². The zero-order chi connectivity index (χ0) is 30.3. The number of rotatable bonds is 17. The Morgan fingerprint density at radius 3 is 1.98 bits per heavy atom. The van der Waals surface area contributed by atoms with Crippen LogP contribution in [0, 0.1) is 0 Å². The van der Waals surface area contributed by atoms with Crippen LogP contribution in [0.15, 0.2) is 49.6 Å². The lowest BCUT2D eigenvalue weighted by Gasteiger charge is -2.25. The fourth-order valence-electron chi connectivity index (χ4n) is 3.52. The molecule has 10 nitrogen and oxygen atoms in total. The predicted octanol–water partition coefficient (Wildman–Crippen LogP) is 4.19. The first-order valence-corrected chi connectivity index (χ1v) is 17.4. The SMILES string of the molecule is C=CC(=O)OC(COCC1CSCS1)COC(=O)c1ccc(C(=O)OC(OCC2CSCS2)C(C)OC(=O)C=C)cc1. The third kappa shape index (κ3) is 11.9. The second-order valence-electron chi connectivity index (χ2n) is 8.98. The van der Waals surface area contributed by atoms with Gasteiger partial charge in [-0.25, -0.2) is 19.2 Å². The number of thioether (sulfide) groups is 4. The van der Waals surface area contributed by atoms with Crippen LogP contribution in [0.4, 0.5) is 0 Å². The van der Waals surface area contributed by atoms with Gasteiger partial charge in [-0.1, -0.05) is 13.2 Å². The van der Waals surface area contributed by atoms with Crippen LogP contribution in [0.2, 0.25) is 0 Å². The average Bonchev–Trinajstić information content (AvgIpc) is 3.72. The Balaban J connectivity index is 1.53. The Hall–Kier alpha value is -2.10. The van der Waals surface area contributed by atoms with Gasteiger partial charge in [0.1, 0.15) is 6.61 Å². The van der Waals surface area contributed by atoms with Crippen molar-refractivity contribution in [2.24, 2.45) is 0 Å². The zero-order valence-electron chi connectivity index (χ0n) is 23.1. The van der Waals surface area contributed by atoms with Crippen molar-refractivity contribution in [1.82, 2.24) is 0 Å². The predicted molar refractivity (Wildman–Crippen MR) is 166 cm³/mol. The molecule has 42 heavy (non-hydrogen) atoms. The first kappa shape index (κ1) is 34.4. The molecule has 1 aromatic rings. The van der Waals surface area contributed by atoms with E-state index in [2.05, 4.69) is 13.2 Å². The highest BCUT2D eigenvalue weighted by molar-refractivity contribution is 8.19. The van der Waals surface area contributed by atoms with Gasteiger partial charge >= 0.3 is 23.9 Å². The number of carbonyl (C=O) groups excluding carboxylic acids is 4. The maximum Gasteiger partial charge on any atom is 0.340 e. The maximum absolute atomic E-state index is 12.9. The second-order valence-corrected chi connectivity index (χ2v) is 14.4. The van der Waals surface area contributed by atoms with Crippen molar-refractivity contribution in [1.29, 1.82) is 0 Å². The molecule has 0 spiro atoms. The monoisotopic (exact) mass is 658 g/mol. The molecule has 0 aliphatic carbocycles. The topological polar surface area (TPSA) is 124 Å². The Kier molecular flexibility index (Phi) is 15.2. The van der Waals surface area contributed by atoms with Crippen molar-refractivity contribution in [3.63, 3.8) is 0 Å². The number of hydrogen-bond donors (Lipinski definition) is 0. The summed E-state index contributed by atoms with van der Waals surface area (Å²) in [6.45, 7) is 9.02. The molecular weight excluding hydrogens is 625 g/mol. The van der Waals surface area contributed by atoms with Crippen molar-refractivity contribution in [2.45, 2.75) is 35.9 Å². The van der Waals surface area contributed by atoms with Crippen LogP contribution in [0.5, 0.6) is 0 Å². The van der Waals surface area contributed by atoms with Gasteiger partial charge in [0.05, 0.1) is 30.9 Å². The van der Waals surface area contributed by atoms with Crippen molar-refractivity contribution in [3.05, 3.63) is 60.7 Å². The molecule has 2 fully saturated rings. The minimum absolute atomic E-state index is 0.0708. The molecule has 0 aromatic heterocycles. The van der Waals surface area contributed by atoms with Crippen LogP contribution >= 0.6 is 47.0 Å². The van der Waals surface area contributed by atoms with Gasteiger partial charge in [0.25, 0.3) is 0 Å². The third-order valence-corrected chi connectivity index (χ3v) is 11.4. The normalized spacial score (nSPS) is 20.1. The van der Waals surface area contributed by atoms with E-state index in [0.29, 0.717) is 18.5 Å². The number of ether oxygens (including phenoxy) is 6. The second kappa shape index (κ2) is 18.5. The average molecular weight is 659 g/mol. The number of esters is 4. The maximum atomic E-state index is 12.9. The first-order valence-electron chi connectivity index (χ1n) is 13.0. The Morgan fingerprint density at radius 2 is 1.40 bits per heavy atom. The van der Waals surface area contributed by atoms with Crippen LogP contribution in [0.3, 0.4) is 0 Å². The molecule has 0 radical (unpaired) electrons. The molecule has 0 N–H and O–H groups in total. The van der Waals surface area contributed by atoms with Gasteiger partial charge in [0.2, 0.25) is 6.29 Å². The van der Waals surface area contributed by atoms with Crippen molar-refractivity contribution >= 4 is 70.9 Å². The van der Waals surface area contributed by atoms with E-state index < -0.39 is 42.4 Å². The van der Waals surface area contributed by atoms with E-state index in [1.807, 2.05) is 23.5 Å². The molecule has 2 aliphatic heterocycles. The van der Waals surface area contributed by atoms with Gasteiger partial charge in [-0.15, -0.1) is 47.0 Å². The summed E-state index contributed by atoms with van der Waals surface area (Å²) in [5, 5.41) is 2.59. The molecule has 0 bridgehead atoms. The van der Waals surface area contributed by atoms with Crippen LogP contribution < -0.4 is 0 Å². The molecule has 0 saturated carbocycles. The smallest absolute Gasteiger partial charge is 0.340 e. The van der Waals surface area contributed by atoms with Crippen LogP contribution in [-0.4, -0.2) is 101 Å². The summed E-state index contributed by atoms with van der Waals surface area (Å²) in [4.78, 5) is 48.9. The van der Waals surface area contributed by atoms with E-state index in [-0.39, 0.29) is 29.6 Å². The molecule has 2 saturated heterocycles. The largest absolute Gasteiger partial charge is 0.458 e. The summed E-state index contributed by atoms with van der Waals surface area (Å²) >= 11 is 7.19. The zero-order valence-corrected chi connectivity index (χ0v) is 26.4. The summed E-state index contributed by atoms with van der Waals surface area (Å²) in [5.74, 6) is -0.801. The molecule has 0 amide bonds. The quantitative estimate of drug-likeness (QED) is 0.103. The molecule has 5 atom stereocenters. The minimum Gasteiger partial charge on any atom is -0.458 e. The lowest BCUT2D eigenvalue weighted by atomic mass is 10.1. The van der Waals surface area contributed by atoms with Crippen LogP contribution in [0.1, 0.15) is 27.6 Å². The number of carbonyl (C=O) groups is 4. The lowest BCUT2D eigenvalue weighted by Crippen LogP contribution is -2.36. The molecule has 230 valence electrons. The van der Waals surface area contributed by atoms with E-state index in [1.165, 1.54) is 24.3 Å². The number of hydrogen-bond acceptors (Lipinski definition) is 14. The fraction of sp³-hybridized carbons (Fsp3) is 0.500. The van der Waals surface area contributed by atoms with Gasteiger partial charge in [-0.2, -0.15) is 0 Å². The van der Waals surface area contributed by atoms with E-state index >= 15 is 0 Å². The van der Waals surface area contributed by atoms with E-state index in [4.69, 9.17) is 28.4 Å². The van der Waals surface area contributed by atoms with Crippen molar-refractivity contribution in [2.75, 3.05) is 48.1 Å². The molecule has 2 aliphatic rings. The van der Waals surface area contributed by atoms with Gasteiger partial charge in [-0.05, 0) is 31.2 Å². The van der Waals surface area contributed by atoms with Crippen molar-refractivity contribution < 1.29 is 47.6 Å². The van der Waals surface area contributed by atoms with Crippen molar-refractivity contribution in [3.8, 4) is 0 Å². The van der Waals surface area contributed by atoms with Gasteiger partial charge in [0.15, 0.2) is 12.2 Å². The molecule has 1 aromatic carbocycles. The summed E-state index contributed by atoms with van der Waals surface area (Å²) in [6.07, 6.45) is -0.771. The molecular formula is C28H34O10S4. The highest BCUT2D eigenvalue weighted by Gasteiger charge is 2.28. The number of benzene rings is 1. The fourth-order valence-corrected chi connectivity index (χ4v) is 9.03. The molecule has 14 heteroatoms. The molecule has 5 unspecified atom stereocenters. The highest BCUT2D eigenvalue weighted by Crippen LogP contribution is 2.30. The Labute approximate surface area is 262 Å². The molecule has 3 rings (SSSR count). The van der Waals surface area contributed by atoms with E-state index in [0.717, 1.165) is 33.8 Å². The first-order chi connectivity index (χ1) is 20.3. The van der Waals surface area contributed by atoms with E-state index in [9.17, 15) is 19.2 Å². The molecule has 2 heterocycles. The van der Waals surface area contributed by atoms with Crippen LogP contribution in [0.25, 0.3) is 0 Å². The Morgan fingerprint density at radius 1 is 0.833 bits per heavy atom. The van der Waals surface area contributed by atoms with Crippen LogP contribution in [-0.2, 0) is 38.0 Å². The van der Waals surface area contributed by atoms with Gasteiger partial charge in [0, 0.05) is 44.3 Å². The third-order valence-electron chi connectivity index (χ3n) is 5.72. The standard InChI is InChI=1S/C28H34O10S4/c1-4-24(29)36-18(3)28(35-13-23-15-40-17-42-23)38-27(32)20-8-6-19(7-9-20)26(31)34-11-21(37-25(30)5-2)10-33-12-22-14-39-16-41-22/h4-9,18,21-23,28H,1-2,10-17H2,3H3.